The van der Waals surface area contributed by atoms with Crippen molar-refractivity contribution in [2.45, 2.75) is 33.6 Å². The number of nitrogens with two attached hydrogens (primary N) is 1. The topological polar surface area (TPSA) is 108 Å². The Hall–Kier alpha value is -3.55. The fourth-order valence-corrected chi connectivity index (χ4v) is 2.96. The van der Waals surface area contributed by atoms with Gasteiger partial charge in [-0.05, 0) is 50.1 Å². The highest BCUT2D eigenvalue weighted by Gasteiger charge is 2.08. The van der Waals surface area contributed by atoms with Gasteiger partial charge in [0.1, 0.15) is 11.5 Å². The summed E-state index contributed by atoms with van der Waals surface area (Å²) < 4.78 is 16.5. The van der Waals surface area contributed by atoms with E-state index in [1.165, 1.54) is 0 Å². The van der Waals surface area contributed by atoms with Crippen LogP contribution in [0.4, 0.5) is 5.69 Å². The Kier molecular flexibility index (Phi) is 7.86. The number of hydrogen-bond acceptors (Lipinski definition) is 6. The molecule has 2 aromatic carbocycles. The molecule has 0 saturated carbocycles. The molecule has 0 unspecified atom stereocenters. The summed E-state index contributed by atoms with van der Waals surface area (Å²) in [5.74, 6) is 3.01. The largest absolute Gasteiger partial charge is 0.494 e. The first-order valence-electron chi connectivity index (χ1n) is 10.5. The van der Waals surface area contributed by atoms with Crippen molar-refractivity contribution in [3.63, 3.8) is 0 Å². The SMILES string of the molecule is CCOc1ccc(OCC)c(NC(N)=NCCc2ccc(-c3nc(CC)no3)cc2)c1. The Morgan fingerprint density at radius 2 is 1.84 bits per heavy atom. The van der Waals surface area contributed by atoms with Crippen molar-refractivity contribution in [3.05, 3.63) is 53.9 Å². The first-order valence-corrected chi connectivity index (χ1v) is 10.5. The molecular weight excluding hydrogens is 394 g/mol. The minimum atomic E-state index is 0.323. The van der Waals surface area contributed by atoms with Crippen LogP contribution in [0.3, 0.4) is 0 Å². The first kappa shape index (κ1) is 22.1. The van der Waals surface area contributed by atoms with Crippen molar-refractivity contribution >= 4 is 11.6 Å². The maximum atomic E-state index is 6.09. The van der Waals surface area contributed by atoms with Gasteiger partial charge in [-0.1, -0.05) is 24.2 Å². The molecule has 8 nitrogen and oxygen atoms in total. The van der Waals surface area contributed by atoms with Gasteiger partial charge in [0.25, 0.3) is 5.89 Å². The zero-order valence-electron chi connectivity index (χ0n) is 18.2. The van der Waals surface area contributed by atoms with Crippen molar-refractivity contribution in [2.24, 2.45) is 10.7 Å². The van der Waals surface area contributed by atoms with Gasteiger partial charge >= 0.3 is 0 Å². The Morgan fingerprint density at radius 3 is 2.52 bits per heavy atom. The zero-order valence-corrected chi connectivity index (χ0v) is 18.2. The molecule has 0 spiro atoms. The molecule has 0 radical (unpaired) electrons. The van der Waals surface area contributed by atoms with E-state index in [2.05, 4.69) is 20.4 Å². The van der Waals surface area contributed by atoms with Crippen molar-refractivity contribution in [1.29, 1.82) is 0 Å². The van der Waals surface area contributed by atoms with E-state index in [9.17, 15) is 0 Å². The summed E-state index contributed by atoms with van der Waals surface area (Å²) in [4.78, 5) is 8.78. The second-order valence-electron chi connectivity index (χ2n) is 6.73. The Balaban J connectivity index is 1.59. The highest BCUT2D eigenvalue weighted by atomic mass is 16.5. The van der Waals surface area contributed by atoms with Crippen LogP contribution >= 0.6 is 0 Å². The minimum Gasteiger partial charge on any atom is -0.494 e. The van der Waals surface area contributed by atoms with E-state index in [1.807, 2.05) is 63.2 Å². The lowest BCUT2D eigenvalue weighted by Crippen LogP contribution is -2.23. The maximum Gasteiger partial charge on any atom is 0.257 e. The van der Waals surface area contributed by atoms with Gasteiger partial charge < -0.3 is 25.0 Å². The summed E-state index contributed by atoms with van der Waals surface area (Å²) in [6, 6.07) is 13.6. The fourth-order valence-electron chi connectivity index (χ4n) is 2.96. The van der Waals surface area contributed by atoms with Crippen LogP contribution in [-0.2, 0) is 12.8 Å². The van der Waals surface area contributed by atoms with Gasteiger partial charge in [-0.25, -0.2) is 0 Å². The number of hydrogen-bond donors (Lipinski definition) is 2. The number of rotatable bonds is 10. The molecule has 0 aliphatic rings. The van der Waals surface area contributed by atoms with Gasteiger partial charge in [0.05, 0.1) is 18.9 Å². The number of anilines is 1. The van der Waals surface area contributed by atoms with Crippen LogP contribution in [0.1, 0.15) is 32.2 Å². The van der Waals surface area contributed by atoms with E-state index >= 15 is 0 Å². The van der Waals surface area contributed by atoms with Crippen molar-refractivity contribution in [3.8, 4) is 23.0 Å². The summed E-state index contributed by atoms with van der Waals surface area (Å²) in [5.41, 5.74) is 8.86. The first-order chi connectivity index (χ1) is 15.1. The normalized spacial score (nSPS) is 11.4. The molecule has 0 saturated heterocycles. The predicted molar refractivity (Wildman–Crippen MR) is 122 cm³/mol. The van der Waals surface area contributed by atoms with Crippen molar-refractivity contribution < 1.29 is 14.0 Å². The van der Waals surface area contributed by atoms with E-state index in [-0.39, 0.29) is 0 Å². The Labute approximate surface area is 182 Å². The highest BCUT2D eigenvalue weighted by molar-refractivity contribution is 5.94. The fraction of sp³-hybridized carbons (Fsp3) is 0.348. The third kappa shape index (κ3) is 6.21. The molecule has 0 fully saturated rings. The molecule has 164 valence electrons. The molecule has 3 rings (SSSR count). The lowest BCUT2D eigenvalue weighted by atomic mass is 10.1. The van der Waals surface area contributed by atoms with Crippen LogP contribution in [0.15, 0.2) is 52.0 Å². The molecule has 0 aliphatic carbocycles. The second-order valence-corrected chi connectivity index (χ2v) is 6.73. The average Bonchev–Trinajstić information content (AvgIpc) is 3.26. The summed E-state index contributed by atoms with van der Waals surface area (Å²) in [6.07, 6.45) is 1.50. The molecule has 0 amide bonds. The Morgan fingerprint density at radius 1 is 1.06 bits per heavy atom. The third-order valence-corrected chi connectivity index (χ3v) is 4.49. The number of aryl methyl sites for hydroxylation is 1. The van der Waals surface area contributed by atoms with Crippen LogP contribution < -0.4 is 20.5 Å². The molecule has 31 heavy (non-hydrogen) atoms. The quantitative estimate of drug-likeness (QED) is 0.374. The van der Waals surface area contributed by atoms with Crippen LogP contribution in [0.5, 0.6) is 11.5 Å². The average molecular weight is 424 g/mol. The number of ether oxygens (including phenoxy) is 2. The highest BCUT2D eigenvalue weighted by Crippen LogP contribution is 2.29. The van der Waals surface area contributed by atoms with Crippen LogP contribution in [0, 0.1) is 0 Å². The minimum absolute atomic E-state index is 0.323. The molecule has 0 atom stereocenters. The molecule has 0 bridgehead atoms. The zero-order chi connectivity index (χ0) is 22.1. The number of aliphatic imine (C=N–C) groups is 1. The summed E-state index contributed by atoms with van der Waals surface area (Å²) >= 11 is 0. The molecule has 3 aromatic rings. The van der Waals surface area contributed by atoms with Crippen molar-refractivity contribution in [1.82, 2.24) is 10.1 Å². The molecule has 3 N–H and O–H groups in total. The van der Waals surface area contributed by atoms with Gasteiger partial charge in [-0.3, -0.25) is 4.99 Å². The van der Waals surface area contributed by atoms with E-state index in [4.69, 9.17) is 19.7 Å². The number of guanidine groups is 1. The van der Waals surface area contributed by atoms with Crippen molar-refractivity contribution in [2.75, 3.05) is 25.1 Å². The van der Waals surface area contributed by atoms with Gasteiger partial charge in [-0.15, -0.1) is 0 Å². The summed E-state index contributed by atoms with van der Waals surface area (Å²) in [6.45, 7) is 7.56. The number of benzene rings is 2. The number of nitrogens with zero attached hydrogens (tertiary/aromatic N) is 3. The molecule has 8 heteroatoms. The van der Waals surface area contributed by atoms with Gasteiger partial charge in [0.15, 0.2) is 11.8 Å². The van der Waals surface area contributed by atoms with Crippen LogP contribution in [0.2, 0.25) is 0 Å². The van der Waals surface area contributed by atoms with Crippen LogP contribution in [-0.4, -0.2) is 35.9 Å². The van der Waals surface area contributed by atoms with Gasteiger partial charge in [0.2, 0.25) is 0 Å². The maximum absolute atomic E-state index is 6.09. The van der Waals surface area contributed by atoms with E-state index in [0.29, 0.717) is 43.2 Å². The summed E-state index contributed by atoms with van der Waals surface area (Å²) in [5, 5.41) is 7.04. The predicted octanol–water partition coefficient (Wildman–Crippen LogP) is 4.07. The van der Waals surface area contributed by atoms with E-state index < -0.39 is 0 Å². The third-order valence-electron chi connectivity index (χ3n) is 4.49. The Bertz CT molecular complexity index is 999. The molecule has 0 aliphatic heterocycles. The summed E-state index contributed by atoms with van der Waals surface area (Å²) in [7, 11) is 0. The standard InChI is InChI=1S/C23H29N5O3/c1-4-21-27-22(31-28-21)17-9-7-16(8-10-17)13-14-25-23(24)26-19-15-18(29-5-2)11-12-20(19)30-6-3/h7-12,15H,4-6,13-14H2,1-3H3,(H3,24,25,26). The molecule has 1 aromatic heterocycles. The lowest BCUT2D eigenvalue weighted by Gasteiger charge is -2.14. The lowest BCUT2D eigenvalue weighted by molar-refractivity contribution is 0.332. The van der Waals surface area contributed by atoms with E-state index in [0.717, 1.165) is 35.4 Å². The van der Waals surface area contributed by atoms with Gasteiger partial charge in [-0.2, -0.15) is 4.98 Å². The molecule has 1 heterocycles. The van der Waals surface area contributed by atoms with Crippen LogP contribution in [0.25, 0.3) is 11.5 Å². The number of nitrogens with one attached hydrogen (secondary N) is 1. The molecular formula is C23H29N5O3. The van der Waals surface area contributed by atoms with Gasteiger partial charge in [0, 0.05) is 24.6 Å². The second kappa shape index (κ2) is 11.0. The monoisotopic (exact) mass is 423 g/mol. The van der Waals surface area contributed by atoms with E-state index in [1.54, 1.807) is 0 Å². The smallest absolute Gasteiger partial charge is 0.257 e. The number of aromatic nitrogens is 2.